The summed E-state index contributed by atoms with van der Waals surface area (Å²) in [6, 6.07) is 3.50. The van der Waals surface area contributed by atoms with Crippen LogP contribution >= 0.6 is 45.9 Å². The van der Waals surface area contributed by atoms with Crippen molar-refractivity contribution in [1.82, 2.24) is 19.7 Å². The van der Waals surface area contributed by atoms with Crippen LogP contribution < -0.4 is 11.2 Å². The lowest BCUT2D eigenvalue weighted by atomic mass is 9.69. The van der Waals surface area contributed by atoms with E-state index in [2.05, 4.69) is 10.1 Å². The number of aromatic amines is 1. The van der Waals surface area contributed by atoms with Gasteiger partial charge in [0.1, 0.15) is 6.20 Å². The lowest BCUT2D eigenvalue weighted by Crippen LogP contribution is -2.48. The second kappa shape index (κ2) is 9.32. The molecule has 1 fully saturated rings. The fourth-order valence-corrected chi connectivity index (χ4v) is 7.99. The number of H-pyrrole nitrogens is 1. The predicted octanol–water partition coefficient (Wildman–Crippen LogP) is 3.89. The summed E-state index contributed by atoms with van der Waals surface area (Å²) < 4.78 is 1.23. The lowest BCUT2D eigenvalue weighted by Gasteiger charge is -2.44. The Kier molecular flexibility index (Phi) is 6.82. The summed E-state index contributed by atoms with van der Waals surface area (Å²) >= 11 is 16.6. The molecule has 12 heteroatoms. The Hall–Kier alpha value is -2.01. The first-order valence-electron chi connectivity index (χ1n) is 10.3. The van der Waals surface area contributed by atoms with Gasteiger partial charge in [0.05, 0.1) is 28.0 Å². The van der Waals surface area contributed by atoms with Crippen molar-refractivity contribution in [3.05, 3.63) is 54.4 Å². The Balaban J connectivity index is 1.65. The summed E-state index contributed by atoms with van der Waals surface area (Å²) in [5.41, 5.74) is -0.994. The fraction of sp³-hybridized carbons (Fsp3) is 0.476. The molecule has 2 N–H and O–H groups in total. The molecule has 3 aromatic rings. The van der Waals surface area contributed by atoms with Gasteiger partial charge in [0.2, 0.25) is 0 Å². The van der Waals surface area contributed by atoms with Crippen molar-refractivity contribution >= 4 is 51.8 Å². The van der Waals surface area contributed by atoms with Gasteiger partial charge < -0.3 is 5.11 Å². The average Bonchev–Trinajstić information content (AvgIpc) is 3.36. The van der Waals surface area contributed by atoms with Crippen LogP contribution in [0, 0.1) is 5.92 Å². The molecule has 0 bridgehead atoms. The molecule has 33 heavy (non-hydrogen) atoms. The van der Waals surface area contributed by atoms with Crippen LogP contribution in [0.25, 0.3) is 10.6 Å². The quantitative estimate of drug-likeness (QED) is 0.468. The van der Waals surface area contributed by atoms with Crippen molar-refractivity contribution in [1.29, 1.82) is 0 Å². The van der Waals surface area contributed by atoms with Crippen molar-refractivity contribution in [3.63, 3.8) is 0 Å². The Labute approximate surface area is 207 Å². The molecule has 1 aliphatic rings. The van der Waals surface area contributed by atoms with E-state index in [4.69, 9.17) is 28.2 Å². The first kappa shape index (κ1) is 24.1. The van der Waals surface area contributed by atoms with Gasteiger partial charge in [-0.1, -0.05) is 19.9 Å². The third-order valence-corrected chi connectivity index (χ3v) is 9.18. The van der Waals surface area contributed by atoms with Crippen molar-refractivity contribution in [3.8, 4) is 10.6 Å². The van der Waals surface area contributed by atoms with Crippen LogP contribution in [0.3, 0.4) is 0 Å². The maximum atomic E-state index is 12.2. The standard InChI is InChI=1S/C21H22Cl2N4O4S2/c1-21(2,19-26-18(13-4-3-5-32-13)14(33-19)8-16(29)30)17-11(22)6-10(7-12(17)23)27-20(31)25-15(28)9-24-27/h3-5,9-12,17H,6-8H2,1-2H3,(H,29,30)(H,25,28,31). The maximum absolute atomic E-state index is 12.2. The number of nitrogens with zero attached hydrogens (tertiary/aromatic N) is 3. The lowest BCUT2D eigenvalue weighted by molar-refractivity contribution is -0.136. The van der Waals surface area contributed by atoms with Crippen LogP contribution in [0.5, 0.6) is 0 Å². The SMILES string of the molecule is CC(C)(c1nc(-c2cccs2)c(CC(=O)O)s1)C1C(Cl)CC(n2ncc(=O)[nH]c2=O)CC1Cl. The van der Waals surface area contributed by atoms with E-state index in [1.807, 2.05) is 31.4 Å². The molecule has 4 rings (SSSR count). The summed E-state index contributed by atoms with van der Waals surface area (Å²) in [7, 11) is 0. The van der Waals surface area contributed by atoms with E-state index in [-0.39, 0.29) is 29.1 Å². The molecule has 1 aliphatic carbocycles. The second-order valence-corrected chi connectivity index (χ2v) is 11.8. The number of aliphatic carboxylic acids is 1. The summed E-state index contributed by atoms with van der Waals surface area (Å²) in [6.07, 6.45) is 1.85. The molecular weight excluding hydrogens is 507 g/mol. The summed E-state index contributed by atoms with van der Waals surface area (Å²) in [6.45, 7) is 4.05. The smallest absolute Gasteiger partial charge is 0.345 e. The maximum Gasteiger partial charge on any atom is 0.345 e. The highest BCUT2D eigenvalue weighted by Crippen LogP contribution is 2.49. The van der Waals surface area contributed by atoms with Crippen molar-refractivity contribution < 1.29 is 9.90 Å². The first-order valence-corrected chi connectivity index (χ1v) is 12.9. The number of carboxylic acid groups (broad SMARTS) is 1. The van der Waals surface area contributed by atoms with Gasteiger partial charge in [-0.15, -0.1) is 45.9 Å². The minimum atomic E-state index is -0.911. The first-order chi connectivity index (χ1) is 15.6. The molecule has 0 amide bonds. The molecule has 176 valence electrons. The zero-order valence-corrected chi connectivity index (χ0v) is 21.0. The Morgan fingerprint density at radius 2 is 2.00 bits per heavy atom. The molecule has 3 aromatic heterocycles. The highest BCUT2D eigenvalue weighted by molar-refractivity contribution is 7.15. The predicted molar refractivity (Wildman–Crippen MR) is 130 cm³/mol. The molecule has 0 aromatic carbocycles. The molecule has 0 aliphatic heterocycles. The van der Waals surface area contributed by atoms with Crippen LogP contribution in [0.1, 0.15) is 42.6 Å². The number of carbonyl (C=O) groups is 1. The largest absolute Gasteiger partial charge is 0.481 e. The van der Waals surface area contributed by atoms with Crippen LogP contribution in [-0.4, -0.2) is 41.6 Å². The monoisotopic (exact) mass is 528 g/mol. The number of thiophene rings is 1. The van der Waals surface area contributed by atoms with Gasteiger partial charge in [0.25, 0.3) is 5.56 Å². The van der Waals surface area contributed by atoms with Gasteiger partial charge in [-0.3, -0.25) is 14.6 Å². The Morgan fingerprint density at radius 1 is 1.30 bits per heavy atom. The zero-order chi connectivity index (χ0) is 23.9. The number of thiazole rings is 1. The number of halogens is 2. The summed E-state index contributed by atoms with van der Waals surface area (Å²) in [4.78, 5) is 43.7. The van der Waals surface area contributed by atoms with Gasteiger partial charge in [-0.05, 0) is 24.3 Å². The highest BCUT2D eigenvalue weighted by Gasteiger charge is 2.47. The van der Waals surface area contributed by atoms with E-state index < -0.39 is 22.6 Å². The van der Waals surface area contributed by atoms with Gasteiger partial charge in [-0.25, -0.2) is 14.5 Å². The number of aromatic nitrogens is 4. The number of hydrogen-bond donors (Lipinski definition) is 2. The van der Waals surface area contributed by atoms with Crippen LogP contribution in [0.4, 0.5) is 0 Å². The van der Waals surface area contributed by atoms with Crippen LogP contribution in [0.15, 0.2) is 33.3 Å². The molecule has 0 spiro atoms. The second-order valence-electron chi connectivity index (χ2n) is 8.63. The van der Waals surface area contributed by atoms with Gasteiger partial charge >= 0.3 is 11.7 Å². The normalized spacial score (nSPS) is 23.5. The van der Waals surface area contributed by atoms with E-state index in [9.17, 15) is 19.5 Å². The van der Waals surface area contributed by atoms with E-state index in [0.29, 0.717) is 23.4 Å². The topological polar surface area (TPSA) is 118 Å². The van der Waals surface area contributed by atoms with Gasteiger partial charge in [-0.2, -0.15) is 5.10 Å². The Morgan fingerprint density at radius 3 is 2.58 bits per heavy atom. The summed E-state index contributed by atoms with van der Waals surface area (Å²) in [5, 5.41) is 15.3. The minimum absolute atomic E-state index is 0.108. The Bertz CT molecular complexity index is 1260. The third-order valence-electron chi connectivity index (χ3n) is 6.01. The van der Waals surface area contributed by atoms with Crippen LogP contribution in [0.2, 0.25) is 0 Å². The molecule has 8 nitrogen and oxygen atoms in total. The molecule has 2 unspecified atom stereocenters. The highest BCUT2D eigenvalue weighted by atomic mass is 35.5. The number of hydrogen-bond acceptors (Lipinski definition) is 7. The van der Waals surface area contributed by atoms with Crippen molar-refractivity contribution in [2.45, 2.75) is 55.3 Å². The van der Waals surface area contributed by atoms with E-state index in [1.54, 1.807) is 0 Å². The zero-order valence-electron chi connectivity index (χ0n) is 17.8. The molecular formula is C21H22Cl2N4O4S2. The fourth-order valence-electron chi connectivity index (χ4n) is 4.49. The molecule has 0 saturated heterocycles. The van der Waals surface area contributed by atoms with Gasteiger partial charge in [0.15, 0.2) is 0 Å². The number of nitrogens with one attached hydrogen (secondary N) is 1. The molecule has 1 saturated carbocycles. The molecule has 0 radical (unpaired) electrons. The number of alkyl halides is 2. The van der Waals surface area contributed by atoms with E-state index >= 15 is 0 Å². The van der Waals surface area contributed by atoms with Crippen LogP contribution in [-0.2, 0) is 16.6 Å². The van der Waals surface area contributed by atoms with E-state index in [0.717, 1.165) is 16.1 Å². The van der Waals surface area contributed by atoms with Gasteiger partial charge in [0, 0.05) is 27.0 Å². The molecule has 3 heterocycles. The third kappa shape index (κ3) is 4.80. The minimum Gasteiger partial charge on any atom is -0.481 e. The number of carboxylic acids is 1. The summed E-state index contributed by atoms with van der Waals surface area (Å²) in [5.74, 6) is -1.10. The number of rotatable bonds is 6. The molecule has 2 atom stereocenters. The van der Waals surface area contributed by atoms with E-state index in [1.165, 1.54) is 27.4 Å². The van der Waals surface area contributed by atoms with Crippen molar-refractivity contribution in [2.24, 2.45) is 5.92 Å². The average molecular weight is 529 g/mol. The van der Waals surface area contributed by atoms with Crippen molar-refractivity contribution in [2.75, 3.05) is 0 Å².